The van der Waals surface area contributed by atoms with Crippen molar-refractivity contribution in [3.63, 3.8) is 0 Å². The van der Waals surface area contributed by atoms with Gasteiger partial charge in [0.1, 0.15) is 0 Å². The Kier molecular flexibility index (Phi) is 4.85. The molecular formula is C16H19N3O. The van der Waals surface area contributed by atoms with Crippen LogP contribution in [0.4, 0.5) is 0 Å². The number of nitrogens with zero attached hydrogens (tertiary/aromatic N) is 1. The Labute approximate surface area is 119 Å². The second kappa shape index (κ2) is 6.82. The summed E-state index contributed by atoms with van der Waals surface area (Å²) >= 11 is 0. The molecule has 0 bridgehead atoms. The summed E-state index contributed by atoms with van der Waals surface area (Å²) in [4.78, 5) is 16.1. The van der Waals surface area contributed by atoms with E-state index in [1.54, 1.807) is 12.4 Å². The second-order valence-electron chi connectivity index (χ2n) is 4.73. The summed E-state index contributed by atoms with van der Waals surface area (Å²) in [6.45, 7) is 3.20. The van der Waals surface area contributed by atoms with Crippen molar-refractivity contribution in [3.8, 4) is 11.1 Å². The fraction of sp³-hybridized carbons (Fsp3) is 0.250. The van der Waals surface area contributed by atoms with E-state index in [1.807, 2.05) is 37.3 Å². The number of carbonyl (C=O) groups is 1. The third kappa shape index (κ3) is 3.65. The van der Waals surface area contributed by atoms with Crippen molar-refractivity contribution in [2.24, 2.45) is 5.73 Å². The minimum atomic E-state index is -0.111. The Morgan fingerprint density at radius 3 is 2.65 bits per heavy atom. The number of aromatic nitrogens is 1. The molecule has 0 radical (unpaired) electrons. The number of pyridine rings is 1. The average Bonchev–Trinajstić information content (AvgIpc) is 2.48. The topological polar surface area (TPSA) is 68.0 Å². The van der Waals surface area contributed by atoms with E-state index in [0.29, 0.717) is 18.7 Å². The molecule has 0 unspecified atom stereocenters. The molecule has 1 aromatic heterocycles. The molecule has 0 saturated heterocycles. The van der Waals surface area contributed by atoms with E-state index in [2.05, 4.69) is 10.3 Å². The van der Waals surface area contributed by atoms with Crippen LogP contribution in [0.2, 0.25) is 0 Å². The largest absolute Gasteiger partial charge is 0.352 e. The van der Waals surface area contributed by atoms with Gasteiger partial charge in [0, 0.05) is 24.5 Å². The minimum absolute atomic E-state index is 0.111. The normalized spacial score (nSPS) is 10.3. The molecule has 0 aliphatic rings. The van der Waals surface area contributed by atoms with Gasteiger partial charge >= 0.3 is 0 Å². The van der Waals surface area contributed by atoms with Crippen LogP contribution in [-0.4, -0.2) is 24.0 Å². The van der Waals surface area contributed by atoms with Crippen molar-refractivity contribution in [2.75, 3.05) is 13.1 Å². The summed E-state index contributed by atoms with van der Waals surface area (Å²) in [5.74, 6) is -0.111. The van der Waals surface area contributed by atoms with Crippen LogP contribution in [0.25, 0.3) is 11.1 Å². The highest BCUT2D eigenvalue weighted by Gasteiger charge is 2.07. The molecule has 0 spiro atoms. The Morgan fingerprint density at radius 2 is 1.95 bits per heavy atom. The molecule has 0 aliphatic heterocycles. The van der Waals surface area contributed by atoms with E-state index in [-0.39, 0.29) is 5.91 Å². The highest BCUT2D eigenvalue weighted by atomic mass is 16.1. The van der Waals surface area contributed by atoms with E-state index in [1.165, 1.54) is 5.56 Å². The Morgan fingerprint density at radius 1 is 1.20 bits per heavy atom. The predicted molar refractivity (Wildman–Crippen MR) is 80.4 cm³/mol. The van der Waals surface area contributed by atoms with Gasteiger partial charge in [0.2, 0.25) is 0 Å². The zero-order valence-electron chi connectivity index (χ0n) is 11.6. The first-order valence-electron chi connectivity index (χ1n) is 6.71. The number of benzene rings is 1. The zero-order valence-corrected chi connectivity index (χ0v) is 11.6. The van der Waals surface area contributed by atoms with Gasteiger partial charge in [-0.15, -0.1) is 0 Å². The van der Waals surface area contributed by atoms with Gasteiger partial charge in [0.15, 0.2) is 0 Å². The van der Waals surface area contributed by atoms with Crippen molar-refractivity contribution >= 4 is 5.91 Å². The van der Waals surface area contributed by atoms with E-state index in [9.17, 15) is 4.79 Å². The number of hydrogen-bond acceptors (Lipinski definition) is 3. The maximum Gasteiger partial charge on any atom is 0.252 e. The molecule has 1 amide bonds. The second-order valence-corrected chi connectivity index (χ2v) is 4.73. The molecule has 2 aromatic rings. The minimum Gasteiger partial charge on any atom is -0.352 e. The molecule has 4 nitrogen and oxygen atoms in total. The Bertz CT molecular complexity index is 579. The molecule has 3 N–H and O–H groups in total. The summed E-state index contributed by atoms with van der Waals surface area (Å²) in [5, 5.41) is 2.83. The summed E-state index contributed by atoms with van der Waals surface area (Å²) < 4.78 is 0. The molecule has 1 aromatic carbocycles. The van der Waals surface area contributed by atoms with Crippen LogP contribution in [0, 0.1) is 6.92 Å². The number of aryl methyl sites for hydroxylation is 1. The lowest BCUT2D eigenvalue weighted by atomic mass is 10.0. The van der Waals surface area contributed by atoms with Gasteiger partial charge in [-0.3, -0.25) is 9.78 Å². The molecule has 4 heteroatoms. The monoisotopic (exact) mass is 269 g/mol. The van der Waals surface area contributed by atoms with Crippen LogP contribution in [0.1, 0.15) is 22.3 Å². The van der Waals surface area contributed by atoms with Crippen LogP contribution in [0.3, 0.4) is 0 Å². The predicted octanol–water partition coefficient (Wildman–Crippen LogP) is 2.14. The van der Waals surface area contributed by atoms with Gasteiger partial charge in [0.25, 0.3) is 5.91 Å². The van der Waals surface area contributed by atoms with Gasteiger partial charge in [-0.25, -0.2) is 0 Å². The van der Waals surface area contributed by atoms with Crippen LogP contribution in [-0.2, 0) is 0 Å². The molecule has 0 aliphatic carbocycles. The maximum absolute atomic E-state index is 12.0. The SMILES string of the molecule is Cc1ccc(-c2cncc(C(=O)NCCCN)c2)cc1. The summed E-state index contributed by atoms with van der Waals surface area (Å²) in [5.41, 5.74) is 9.17. The average molecular weight is 269 g/mol. The fourth-order valence-corrected chi connectivity index (χ4v) is 1.87. The lowest BCUT2D eigenvalue weighted by Crippen LogP contribution is -2.26. The molecular weight excluding hydrogens is 250 g/mol. The first-order valence-corrected chi connectivity index (χ1v) is 6.71. The van der Waals surface area contributed by atoms with Crippen LogP contribution >= 0.6 is 0 Å². The fourth-order valence-electron chi connectivity index (χ4n) is 1.87. The van der Waals surface area contributed by atoms with E-state index in [4.69, 9.17) is 5.73 Å². The van der Waals surface area contributed by atoms with E-state index >= 15 is 0 Å². The smallest absolute Gasteiger partial charge is 0.252 e. The highest BCUT2D eigenvalue weighted by Crippen LogP contribution is 2.19. The van der Waals surface area contributed by atoms with Gasteiger partial charge < -0.3 is 11.1 Å². The van der Waals surface area contributed by atoms with Gasteiger partial charge in [-0.2, -0.15) is 0 Å². The molecule has 20 heavy (non-hydrogen) atoms. The third-order valence-electron chi connectivity index (χ3n) is 3.05. The van der Waals surface area contributed by atoms with Crippen molar-refractivity contribution in [1.29, 1.82) is 0 Å². The van der Waals surface area contributed by atoms with Gasteiger partial charge in [0.05, 0.1) is 5.56 Å². The zero-order chi connectivity index (χ0) is 14.4. The molecule has 0 fully saturated rings. The Balaban J connectivity index is 2.15. The van der Waals surface area contributed by atoms with Gasteiger partial charge in [-0.1, -0.05) is 29.8 Å². The molecule has 2 rings (SSSR count). The van der Waals surface area contributed by atoms with Crippen LogP contribution in [0.15, 0.2) is 42.7 Å². The maximum atomic E-state index is 12.0. The number of rotatable bonds is 5. The van der Waals surface area contributed by atoms with Crippen molar-refractivity contribution < 1.29 is 4.79 Å². The number of hydrogen-bond donors (Lipinski definition) is 2. The third-order valence-corrected chi connectivity index (χ3v) is 3.05. The lowest BCUT2D eigenvalue weighted by molar-refractivity contribution is 0.0953. The van der Waals surface area contributed by atoms with Crippen LogP contribution in [0.5, 0.6) is 0 Å². The standard InChI is InChI=1S/C16H19N3O/c1-12-3-5-13(6-4-12)14-9-15(11-18-10-14)16(20)19-8-2-7-17/h3-6,9-11H,2,7-8,17H2,1H3,(H,19,20). The van der Waals surface area contributed by atoms with Crippen molar-refractivity contribution in [3.05, 3.63) is 53.9 Å². The first-order chi connectivity index (χ1) is 9.70. The Hall–Kier alpha value is -2.20. The quantitative estimate of drug-likeness (QED) is 0.817. The molecule has 0 atom stereocenters. The molecule has 1 heterocycles. The summed E-state index contributed by atoms with van der Waals surface area (Å²) in [6.07, 6.45) is 4.12. The molecule has 104 valence electrons. The highest BCUT2D eigenvalue weighted by molar-refractivity contribution is 5.95. The first kappa shape index (κ1) is 14.2. The number of amides is 1. The molecule has 0 saturated carbocycles. The van der Waals surface area contributed by atoms with E-state index in [0.717, 1.165) is 17.5 Å². The number of nitrogens with two attached hydrogens (primary N) is 1. The summed E-state index contributed by atoms with van der Waals surface area (Å²) in [7, 11) is 0. The van der Waals surface area contributed by atoms with Gasteiger partial charge in [-0.05, 0) is 31.5 Å². The number of carbonyl (C=O) groups excluding carboxylic acids is 1. The van der Waals surface area contributed by atoms with Crippen molar-refractivity contribution in [1.82, 2.24) is 10.3 Å². The van der Waals surface area contributed by atoms with Crippen LogP contribution < -0.4 is 11.1 Å². The van der Waals surface area contributed by atoms with Crippen molar-refractivity contribution in [2.45, 2.75) is 13.3 Å². The lowest BCUT2D eigenvalue weighted by Gasteiger charge is -2.06. The summed E-state index contributed by atoms with van der Waals surface area (Å²) in [6, 6.07) is 10.0. The number of nitrogens with one attached hydrogen (secondary N) is 1. The van der Waals surface area contributed by atoms with E-state index < -0.39 is 0 Å².